The largest absolute Gasteiger partial charge is 0.283 e. The summed E-state index contributed by atoms with van der Waals surface area (Å²) in [6.07, 6.45) is 3.59. The Kier molecular flexibility index (Phi) is 4.59. The lowest BCUT2D eigenvalue weighted by Crippen LogP contribution is -2.16. The molecule has 1 aromatic carbocycles. The van der Waals surface area contributed by atoms with E-state index < -0.39 is 10.0 Å². The van der Waals surface area contributed by atoms with E-state index in [1.165, 1.54) is 12.1 Å². The van der Waals surface area contributed by atoms with Crippen LogP contribution in [0.4, 0.5) is 0 Å². The summed E-state index contributed by atoms with van der Waals surface area (Å²) in [6.45, 7) is 3.69. The number of benzene rings is 1. The van der Waals surface area contributed by atoms with Gasteiger partial charge in [0.2, 0.25) is 0 Å². The monoisotopic (exact) mass is 430 g/mol. The van der Waals surface area contributed by atoms with Crippen LogP contribution in [0, 0.1) is 13.8 Å². The Morgan fingerprint density at radius 2 is 1.41 bits per heavy atom. The molecule has 150 valence electrons. The van der Waals surface area contributed by atoms with Crippen molar-refractivity contribution in [3.63, 3.8) is 0 Å². The molecule has 0 bridgehead atoms. The van der Waals surface area contributed by atoms with Gasteiger partial charge in [-0.3, -0.25) is 9.36 Å². The van der Waals surface area contributed by atoms with E-state index in [0.29, 0.717) is 27.7 Å². The van der Waals surface area contributed by atoms with Gasteiger partial charge in [0.05, 0.1) is 27.7 Å². The van der Waals surface area contributed by atoms with Crippen LogP contribution in [0.5, 0.6) is 0 Å². The third kappa shape index (κ3) is 3.36. The first-order valence-electron chi connectivity index (χ1n) is 8.79. The molecule has 0 unspecified atom stereocenters. The molecule has 0 atom stereocenters. The molecular weight excluding hydrogens is 412 g/mol. The molecule has 0 spiro atoms. The number of hydrogen-bond acceptors (Lipinski definition) is 5. The molecule has 0 N–H and O–H groups in total. The van der Waals surface area contributed by atoms with Gasteiger partial charge in [0, 0.05) is 42.6 Å². The van der Waals surface area contributed by atoms with Crippen LogP contribution >= 0.6 is 11.6 Å². The SMILES string of the molecule is Cc1nn(C)cc1-c1cc(-c2cn(C)nc2C)n(S(=O)(=O)c2ccc(Cl)cc2)n1. The molecule has 0 fully saturated rings. The van der Waals surface area contributed by atoms with Crippen molar-refractivity contribution in [2.45, 2.75) is 18.7 Å². The first-order chi connectivity index (χ1) is 13.7. The molecule has 3 aromatic heterocycles. The highest BCUT2D eigenvalue weighted by atomic mass is 35.5. The Bertz CT molecular complexity index is 1320. The van der Waals surface area contributed by atoms with Crippen LogP contribution in [0.15, 0.2) is 47.6 Å². The van der Waals surface area contributed by atoms with Gasteiger partial charge in [-0.25, -0.2) is 0 Å². The lowest BCUT2D eigenvalue weighted by molar-refractivity contribution is 0.581. The maximum absolute atomic E-state index is 13.4. The normalized spacial score (nSPS) is 11.9. The zero-order valence-electron chi connectivity index (χ0n) is 16.3. The number of rotatable bonds is 4. The maximum Gasteiger partial charge on any atom is 0.283 e. The number of aryl methyl sites for hydroxylation is 4. The molecule has 8 nitrogen and oxygen atoms in total. The molecule has 0 radical (unpaired) electrons. The average Bonchev–Trinajstić information content (AvgIpc) is 3.32. The molecule has 4 aromatic rings. The summed E-state index contributed by atoms with van der Waals surface area (Å²) in [5.41, 5.74) is 3.87. The average molecular weight is 431 g/mol. The van der Waals surface area contributed by atoms with Gasteiger partial charge < -0.3 is 0 Å². The minimum absolute atomic E-state index is 0.0993. The van der Waals surface area contributed by atoms with E-state index in [1.807, 2.05) is 27.1 Å². The van der Waals surface area contributed by atoms with Crippen LogP contribution in [-0.2, 0) is 24.1 Å². The minimum Gasteiger partial charge on any atom is -0.275 e. The quantitative estimate of drug-likeness (QED) is 0.496. The Morgan fingerprint density at radius 3 is 1.93 bits per heavy atom. The number of aromatic nitrogens is 6. The fourth-order valence-corrected chi connectivity index (χ4v) is 4.68. The molecule has 0 aliphatic carbocycles. The third-order valence-electron chi connectivity index (χ3n) is 4.60. The van der Waals surface area contributed by atoms with E-state index >= 15 is 0 Å². The molecule has 10 heteroatoms. The predicted octanol–water partition coefficient (Wildman–Crippen LogP) is 3.19. The van der Waals surface area contributed by atoms with Gasteiger partial charge in [-0.1, -0.05) is 11.6 Å². The smallest absolute Gasteiger partial charge is 0.275 e. The van der Waals surface area contributed by atoms with Gasteiger partial charge >= 0.3 is 0 Å². The van der Waals surface area contributed by atoms with E-state index in [1.54, 1.807) is 40.8 Å². The molecule has 0 saturated carbocycles. The highest BCUT2D eigenvalue weighted by Gasteiger charge is 2.26. The van der Waals surface area contributed by atoms with Crippen molar-refractivity contribution in [1.29, 1.82) is 0 Å². The van der Waals surface area contributed by atoms with Crippen molar-refractivity contribution in [2.24, 2.45) is 14.1 Å². The third-order valence-corrected chi connectivity index (χ3v) is 6.45. The lowest BCUT2D eigenvalue weighted by atomic mass is 10.1. The summed E-state index contributed by atoms with van der Waals surface area (Å²) in [6, 6.07) is 7.77. The van der Waals surface area contributed by atoms with Crippen molar-refractivity contribution >= 4 is 21.6 Å². The van der Waals surface area contributed by atoms with Gasteiger partial charge in [-0.05, 0) is 44.2 Å². The Hall–Kier alpha value is -2.91. The Labute approximate surface area is 173 Å². The van der Waals surface area contributed by atoms with Crippen LogP contribution < -0.4 is 0 Å². The summed E-state index contributed by atoms with van der Waals surface area (Å²) >= 11 is 5.92. The first kappa shape index (κ1) is 19.4. The lowest BCUT2D eigenvalue weighted by Gasteiger charge is -2.08. The van der Waals surface area contributed by atoms with Gasteiger partial charge in [0.1, 0.15) is 0 Å². The van der Waals surface area contributed by atoms with Crippen molar-refractivity contribution in [3.8, 4) is 22.5 Å². The van der Waals surface area contributed by atoms with E-state index in [-0.39, 0.29) is 4.90 Å². The molecule has 0 aliphatic rings. The van der Waals surface area contributed by atoms with E-state index in [0.717, 1.165) is 15.3 Å². The van der Waals surface area contributed by atoms with Crippen LogP contribution in [0.2, 0.25) is 5.02 Å². The highest BCUT2D eigenvalue weighted by Crippen LogP contribution is 2.32. The minimum atomic E-state index is -3.95. The Balaban J connectivity index is 1.98. The molecule has 29 heavy (non-hydrogen) atoms. The predicted molar refractivity (Wildman–Crippen MR) is 110 cm³/mol. The van der Waals surface area contributed by atoms with E-state index in [9.17, 15) is 8.42 Å². The fourth-order valence-electron chi connectivity index (χ4n) is 3.27. The van der Waals surface area contributed by atoms with Gasteiger partial charge in [0.15, 0.2) is 0 Å². The van der Waals surface area contributed by atoms with Crippen LogP contribution in [-0.4, -0.2) is 37.2 Å². The van der Waals surface area contributed by atoms with Crippen LogP contribution in [0.1, 0.15) is 11.4 Å². The number of halogens is 1. The van der Waals surface area contributed by atoms with Gasteiger partial charge in [0.25, 0.3) is 10.0 Å². The Morgan fingerprint density at radius 1 is 0.862 bits per heavy atom. The summed E-state index contributed by atoms with van der Waals surface area (Å²) in [5.74, 6) is 0. The highest BCUT2D eigenvalue weighted by molar-refractivity contribution is 7.90. The molecule has 3 heterocycles. The molecule has 4 rings (SSSR count). The van der Waals surface area contributed by atoms with E-state index in [4.69, 9.17) is 11.6 Å². The fraction of sp³-hybridized carbons (Fsp3) is 0.211. The van der Waals surface area contributed by atoms with Crippen LogP contribution in [0.25, 0.3) is 22.5 Å². The molecule has 0 amide bonds. The zero-order valence-corrected chi connectivity index (χ0v) is 17.9. The first-order valence-corrected chi connectivity index (χ1v) is 10.6. The zero-order chi connectivity index (χ0) is 20.9. The molecular formula is C19H19ClN6O2S. The second-order valence-electron chi connectivity index (χ2n) is 6.82. The number of nitrogens with zero attached hydrogens (tertiary/aromatic N) is 6. The van der Waals surface area contributed by atoms with Gasteiger partial charge in [-0.2, -0.15) is 27.8 Å². The molecule has 0 saturated heterocycles. The second-order valence-corrected chi connectivity index (χ2v) is 9.02. The topological polar surface area (TPSA) is 87.6 Å². The summed E-state index contributed by atoms with van der Waals surface area (Å²) in [7, 11) is -0.354. The van der Waals surface area contributed by atoms with Crippen molar-refractivity contribution in [2.75, 3.05) is 0 Å². The number of hydrogen-bond donors (Lipinski definition) is 0. The standard InChI is InChI=1S/C19H19ClN6O2S/c1-12-16(10-24(3)21-12)18-9-19(17-11-25(4)22-13(17)2)26(23-18)29(27,28)15-7-5-14(20)6-8-15/h5-11H,1-4H3. The van der Waals surface area contributed by atoms with Crippen molar-refractivity contribution in [1.82, 2.24) is 28.7 Å². The van der Waals surface area contributed by atoms with Gasteiger partial charge in [-0.15, -0.1) is 0 Å². The summed E-state index contributed by atoms with van der Waals surface area (Å²) in [4.78, 5) is 0.0993. The second kappa shape index (κ2) is 6.85. The summed E-state index contributed by atoms with van der Waals surface area (Å²) < 4.78 is 31.2. The van der Waals surface area contributed by atoms with E-state index in [2.05, 4.69) is 15.3 Å². The summed E-state index contributed by atoms with van der Waals surface area (Å²) in [5, 5.41) is 13.6. The van der Waals surface area contributed by atoms with Crippen molar-refractivity contribution in [3.05, 3.63) is 59.1 Å². The van der Waals surface area contributed by atoms with Crippen molar-refractivity contribution < 1.29 is 8.42 Å². The van der Waals surface area contributed by atoms with Crippen LogP contribution in [0.3, 0.4) is 0 Å². The molecule has 0 aliphatic heterocycles. The maximum atomic E-state index is 13.4.